The zero-order valence-electron chi connectivity index (χ0n) is 24.8. The van der Waals surface area contributed by atoms with Crippen LogP contribution in [0.5, 0.6) is 17.2 Å². The van der Waals surface area contributed by atoms with Gasteiger partial charge in [0.15, 0.2) is 11.5 Å². The van der Waals surface area contributed by atoms with Crippen LogP contribution in [0.2, 0.25) is 10.0 Å². The van der Waals surface area contributed by atoms with Gasteiger partial charge in [0, 0.05) is 18.8 Å². The Hall–Kier alpha value is -4.21. The third kappa shape index (κ3) is 8.21. The molecule has 0 spiro atoms. The first-order valence-corrected chi connectivity index (χ1v) is 16.6. The van der Waals surface area contributed by atoms with Crippen molar-refractivity contribution in [3.8, 4) is 17.2 Å². The molecule has 5 rings (SSSR count). The van der Waals surface area contributed by atoms with Crippen LogP contribution in [0.1, 0.15) is 50.8 Å². The molecule has 2 amide bonds. The van der Waals surface area contributed by atoms with Crippen LogP contribution in [0.4, 0.5) is 14.5 Å². The Morgan fingerprint density at radius 1 is 1.04 bits per heavy atom. The Bertz CT molecular complexity index is 1820. The van der Waals surface area contributed by atoms with Crippen LogP contribution in [-0.4, -0.2) is 69.2 Å². The van der Waals surface area contributed by atoms with E-state index in [4.69, 9.17) is 37.4 Å². The number of halogens is 4. The quantitative estimate of drug-likeness (QED) is 0.173. The second kappa shape index (κ2) is 13.9. The molecule has 1 unspecified atom stereocenters. The number of ether oxygens (including phenoxy) is 4. The molecule has 12 nitrogen and oxygen atoms in total. The Morgan fingerprint density at radius 3 is 2.30 bits per heavy atom. The third-order valence-corrected chi connectivity index (χ3v) is 8.46. The van der Waals surface area contributed by atoms with Crippen LogP contribution in [-0.2, 0) is 26.0 Å². The topological polar surface area (TPSA) is 150 Å². The number of pyridine rings is 1. The molecule has 0 radical (unpaired) electrons. The summed E-state index contributed by atoms with van der Waals surface area (Å²) < 4.78 is 73.5. The molecule has 1 atom stereocenters. The van der Waals surface area contributed by atoms with Crippen molar-refractivity contribution in [2.75, 3.05) is 31.2 Å². The number of carbonyl (C=O) groups excluding carboxylic acids is 3. The number of benzene rings is 2. The predicted molar refractivity (Wildman–Crippen MR) is 165 cm³/mol. The molecule has 2 heterocycles. The second-order valence-corrected chi connectivity index (χ2v) is 13.3. The minimum atomic E-state index is -3.77. The van der Waals surface area contributed by atoms with Crippen LogP contribution in [0, 0.1) is 5.92 Å². The van der Waals surface area contributed by atoms with Crippen molar-refractivity contribution in [1.29, 1.82) is 0 Å². The first-order valence-electron chi connectivity index (χ1n) is 14.0. The number of fused-ring (bicyclic) bond motifs is 1. The lowest BCUT2D eigenvalue weighted by Crippen LogP contribution is -2.36. The monoisotopic (exact) mass is 713 g/mol. The molecule has 1 saturated carbocycles. The summed E-state index contributed by atoms with van der Waals surface area (Å²) in [5.74, 6) is -2.70. The van der Waals surface area contributed by atoms with Crippen molar-refractivity contribution in [2.24, 2.45) is 5.92 Å². The van der Waals surface area contributed by atoms with Gasteiger partial charge in [-0.05, 0) is 54.2 Å². The molecule has 2 aliphatic rings. The van der Waals surface area contributed by atoms with E-state index >= 15 is 0 Å². The maximum atomic E-state index is 13.4. The fourth-order valence-electron chi connectivity index (χ4n) is 4.80. The summed E-state index contributed by atoms with van der Waals surface area (Å²) in [6, 6.07) is 6.37. The highest BCUT2D eigenvalue weighted by Crippen LogP contribution is 2.38. The summed E-state index contributed by atoms with van der Waals surface area (Å²) in [4.78, 5) is 44.4. The summed E-state index contributed by atoms with van der Waals surface area (Å²) in [7, 11) is -2.52. The maximum absolute atomic E-state index is 13.4. The van der Waals surface area contributed by atoms with Gasteiger partial charge in [0.05, 0.1) is 46.8 Å². The summed E-state index contributed by atoms with van der Waals surface area (Å²) in [5, 5.41) is 0.323. The number of alkyl halides is 2. The largest absolute Gasteiger partial charge is 0.495 e. The van der Waals surface area contributed by atoms with Crippen molar-refractivity contribution in [3.63, 3.8) is 0 Å². The zero-order chi connectivity index (χ0) is 34.0. The Morgan fingerprint density at radius 2 is 1.70 bits per heavy atom. The van der Waals surface area contributed by atoms with Crippen molar-refractivity contribution < 1.29 is 50.5 Å². The predicted octanol–water partition coefficient (Wildman–Crippen LogP) is 5.28. The normalized spacial score (nSPS) is 15.0. The fraction of sp³-hybridized carbons (Fsp3) is 0.333. The van der Waals surface area contributed by atoms with Gasteiger partial charge in [0.1, 0.15) is 18.4 Å². The highest BCUT2D eigenvalue weighted by Gasteiger charge is 2.39. The van der Waals surface area contributed by atoms with E-state index in [-0.39, 0.29) is 63.1 Å². The van der Waals surface area contributed by atoms with Crippen LogP contribution in [0.15, 0.2) is 42.7 Å². The molecule has 0 bridgehead atoms. The van der Waals surface area contributed by atoms with E-state index in [0.29, 0.717) is 16.0 Å². The van der Waals surface area contributed by atoms with Gasteiger partial charge < -0.3 is 18.9 Å². The molecule has 17 heteroatoms. The molecule has 1 aliphatic heterocycles. The van der Waals surface area contributed by atoms with Gasteiger partial charge in [-0.2, -0.15) is 8.78 Å². The first-order chi connectivity index (χ1) is 22.2. The summed E-state index contributed by atoms with van der Waals surface area (Å²) in [6.45, 7) is -3.68. The Kier molecular flexibility index (Phi) is 10.1. The smallest absolute Gasteiger partial charge is 0.387 e. The summed E-state index contributed by atoms with van der Waals surface area (Å²) >= 11 is 12.7. The Balaban J connectivity index is 1.42. The number of aromatic nitrogens is 1. The van der Waals surface area contributed by atoms with Gasteiger partial charge in [-0.15, -0.1) is 0 Å². The summed E-state index contributed by atoms with van der Waals surface area (Å²) in [5.41, 5.74) is 0.294. The van der Waals surface area contributed by atoms with Gasteiger partial charge in [-0.25, -0.2) is 8.42 Å². The number of hydrogen-bond acceptors (Lipinski definition) is 10. The number of hydrogen-bond donors (Lipinski definition) is 1. The third-order valence-electron chi connectivity index (χ3n) is 7.22. The minimum absolute atomic E-state index is 0.00419. The molecular formula is C30H27Cl2F2N3O9S. The molecule has 1 aliphatic carbocycles. The zero-order valence-corrected chi connectivity index (χ0v) is 27.1. The number of methoxy groups -OCH3 is 1. The average molecular weight is 715 g/mol. The lowest BCUT2D eigenvalue weighted by Gasteiger charge is -2.22. The fourth-order valence-corrected chi connectivity index (χ4v) is 5.88. The van der Waals surface area contributed by atoms with Crippen molar-refractivity contribution in [3.05, 3.63) is 75.0 Å². The van der Waals surface area contributed by atoms with E-state index in [1.54, 1.807) is 0 Å². The lowest BCUT2D eigenvalue weighted by molar-refractivity contribution is -0.149. The first kappa shape index (κ1) is 34.1. The number of imide groups is 1. The number of esters is 1. The van der Waals surface area contributed by atoms with E-state index in [1.807, 2.05) is 0 Å². The van der Waals surface area contributed by atoms with Gasteiger partial charge in [-0.3, -0.25) is 29.0 Å². The minimum Gasteiger partial charge on any atom is -0.495 e. The number of nitrogens with zero attached hydrogens (tertiary/aromatic N) is 2. The van der Waals surface area contributed by atoms with Crippen molar-refractivity contribution in [2.45, 2.75) is 32.0 Å². The molecule has 250 valence electrons. The highest BCUT2D eigenvalue weighted by molar-refractivity contribution is 7.92. The molecule has 1 N–H and O–H groups in total. The molecule has 1 aromatic heterocycles. The van der Waals surface area contributed by atoms with Crippen molar-refractivity contribution in [1.82, 2.24) is 9.88 Å². The number of nitrogens with one attached hydrogen (secondary N) is 1. The molecule has 3 aromatic rings. The molecular weight excluding hydrogens is 687 g/mol. The number of sulfonamides is 1. The maximum Gasteiger partial charge on any atom is 0.387 e. The van der Waals surface area contributed by atoms with Gasteiger partial charge >= 0.3 is 12.6 Å². The van der Waals surface area contributed by atoms with E-state index in [9.17, 15) is 31.6 Å². The summed E-state index contributed by atoms with van der Waals surface area (Å²) in [6.07, 6.45) is 4.18. The van der Waals surface area contributed by atoms with E-state index in [2.05, 4.69) is 14.4 Å². The van der Waals surface area contributed by atoms with E-state index < -0.39 is 47.1 Å². The van der Waals surface area contributed by atoms with Gasteiger partial charge in [-0.1, -0.05) is 29.3 Å². The van der Waals surface area contributed by atoms with Crippen LogP contribution in [0.25, 0.3) is 0 Å². The van der Waals surface area contributed by atoms with Crippen LogP contribution >= 0.6 is 23.2 Å². The standard InChI is InChI=1S/C30H27Cl2F2N3O9S/c1-43-25-9-18-17(8-22(25)36-47(2,41)42)28(39)37(29(18)40)13-27(38)45-24(10-19-20(31)11-35-12-21(19)32)16-5-6-23(46-30(33)34)26(7-16)44-14-15-3-4-15/h5-9,11-12,15,24,30,36H,3-4,10,13-14H2,1-2H3. The highest BCUT2D eigenvalue weighted by atomic mass is 35.5. The molecule has 47 heavy (non-hydrogen) atoms. The second-order valence-electron chi connectivity index (χ2n) is 10.8. The van der Waals surface area contributed by atoms with Crippen LogP contribution < -0.4 is 18.9 Å². The van der Waals surface area contributed by atoms with Crippen LogP contribution in [0.3, 0.4) is 0 Å². The Labute approximate surface area is 277 Å². The SMILES string of the molecule is COc1cc2c(cc1NS(C)(=O)=O)C(=O)N(CC(=O)OC(Cc1c(Cl)cncc1Cl)c1ccc(OC(F)F)c(OCC3CC3)c1)C2=O. The van der Waals surface area contributed by atoms with E-state index in [0.717, 1.165) is 25.2 Å². The molecule has 2 aromatic carbocycles. The lowest BCUT2D eigenvalue weighted by atomic mass is 10.0. The molecule has 0 saturated heterocycles. The van der Waals surface area contributed by atoms with E-state index in [1.165, 1.54) is 43.8 Å². The number of rotatable bonds is 14. The van der Waals surface area contributed by atoms with Crippen molar-refractivity contribution >= 4 is 56.7 Å². The number of amides is 2. The van der Waals surface area contributed by atoms with Gasteiger partial charge in [0.2, 0.25) is 10.0 Å². The number of carbonyl (C=O) groups is 3. The average Bonchev–Trinajstić information content (AvgIpc) is 3.80. The number of anilines is 1. The molecule has 1 fully saturated rings. The van der Waals surface area contributed by atoms with Gasteiger partial charge in [0.25, 0.3) is 11.8 Å².